The molecule has 6 rings (SSSR count). The first-order valence-electron chi connectivity index (χ1n) is 13.1. The molecule has 2 aliphatic heterocycles. The second-order valence-corrected chi connectivity index (χ2v) is 10.5. The number of amides is 1. The van der Waals surface area contributed by atoms with Crippen LogP contribution in [0.2, 0.25) is 0 Å². The van der Waals surface area contributed by atoms with E-state index in [9.17, 15) is 24.6 Å². The largest absolute Gasteiger partial charge is 0.512 e. The highest BCUT2D eigenvalue weighted by atomic mass is 16.5. The summed E-state index contributed by atoms with van der Waals surface area (Å²) in [5, 5.41) is 22.3. The fourth-order valence-electron chi connectivity index (χ4n) is 6.80. The van der Waals surface area contributed by atoms with Crippen LogP contribution in [0.3, 0.4) is 0 Å². The standard InChI is InChI=1S/C30H30N2O7/c1-38-27(35)25-21-14-23-26-20(19-9-5-6-10-22(19)31-26)13-18(15-33)32(23)28(36)30(21,12-11-24(25)34)29(37)39-16-17-7-3-2-4-8-17/h2-10,18,21,23,31,33-34H,11-16H2,1H3/t18-,21-,23+,30-/m0/s1. The topological polar surface area (TPSA) is 129 Å². The summed E-state index contributed by atoms with van der Waals surface area (Å²) >= 11 is 0. The molecule has 3 heterocycles. The lowest BCUT2D eigenvalue weighted by atomic mass is 9.59. The fraction of sp³-hybridized carbons (Fsp3) is 0.367. The predicted octanol–water partition coefficient (Wildman–Crippen LogP) is 3.48. The van der Waals surface area contributed by atoms with E-state index in [2.05, 4.69) is 4.98 Å². The van der Waals surface area contributed by atoms with Crippen molar-refractivity contribution in [3.63, 3.8) is 0 Å². The van der Waals surface area contributed by atoms with E-state index in [1.807, 2.05) is 54.6 Å². The lowest BCUT2D eigenvalue weighted by molar-refractivity contribution is -0.182. The van der Waals surface area contributed by atoms with E-state index < -0.39 is 41.3 Å². The summed E-state index contributed by atoms with van der Waals surface area (Å²) in [4.78, 5) is 46.6. The second kappa shape index (κ2) is 9.57. The molecule has 3 N–H and O–H groups in total. The van der Waals surface area contributed by atoms with Gasteiger partial charge in [0.2, 0.25) is 5.91 Å². The summed E-state index contributed by atoms with van der Waals surface area (Å²) in [5.41, 5.74) is 1.69. The number of aliphatic hydroxyl groups excluding tert-OH is 2. The third-order valence-electron chi connectivity index (χ3n) is 8.63. The zero-order valence-electron chi connectivity index (χ0n) is 21.6. The molecule has 9 nitrogen and oxygen atoms in total. The number of allylic oxidation sites excluding steroid dienone is 1. The number of carbonyl (C=O) groups excluding carboxylic acids is 3. The molecule has 0 spiro atoms. The van der Waals surface area contributed by atoms with E-state index in [-0.39, 0.29) is 43.8 Å². The first kappa shape index (κ1) is 25.2. The zero-order valence-corrected chi connectivity index (χ0v) is 21.6. The average Bonchev–Trinajstić information content (AvgIpc) is 3.34. The van der Waals surface area contributed by atoms with Crippen LogP contribution in [0.15, 0.2) is 65.9 Å². The average molecular weight is 531 g/mol. The van der Waals surface area contributed by atoms with E-state index in [4.69, 9.17) is 9.47 Å². The Morgan fingerprint density at radius 1 is 1.13 bits per heavy atom. The maximum Gasteiger partial charge on any atom is 0.337 e. The minimum absolute atomic E-state index is 0.0165. The number of rotatable bonds is 5. The molecular formula is C30H30N2O7. The Morgan fingerprint density at radius 2 is 1.87 bits per heavy atom. The van der Waals surface area contributed by atoms with Gasteiger partial charge in [-0.2, -0.15) is 0 Å². The number of piperidine rings is 1. The maximum absolute atomic E-state index is 14.6. The predicted molar refractivity (Wildman–Crippen MR) is 140 cm³/mol. The van der Waals surface area contributed by atoms with Crippen LogP contribution < -0.4 is 0 Å². The Bertz CT molecular complexity index is 1490. The van der Waals surface area contributed by atoms with E-state index in [0.717, 1.165) is 27.7 Å². The van der Waals surface area contributed by atoms with Crippen molar-refractivity contribution in [2.24, 2.45) is 11.3 Å². The molecule has 0 radical (unpaired) electrons. The molecule has 4 atom stereocenters. The van der Waals surface area contributed by atoms with Gasteiger partial charge in [0.15, 0.2) is 5.41 Å². The number of benzene rings is 2. The molecule has 2 aromatic carbocycles. The van der Waals surface area contributed by atoms with E-state index in [1.54, 1.807) is 4.90 Å². The van der Waals surface area contributed by atoms with Crippen LogP contribution >= 0.6 is 0 Å². The number of aliphatic hydroxyl groups is 2. The highest BCUT2D eigenvalue weighted by Crippen LogP contribution is 2.57. The number of H-pyrrole nitrogens is 1. The number of para-hydroxylation sites is 1. The quantitative estimate of drug-likeness (QED) is 0.340. The lowest BCUT2D eigenvalue weighted by Crippen LogP contribution is -2.64. The Kier molecular flexibility index (Phi) is 6.18. The zero-order chi connectivity index (χ0) is 27.3. The Labute approximate surface area is 225 Å². The van der Waals surface area contributed by atoms with Crippen LogP contribution in [0.1, 0.15) is 42.1 Å². The number of aromatic nitrogens is 1. The van der Waals surface area contributed by atoms with Gasteiger partial charge in [-0.15, -0.1) is 0 Å². The molecule has 1 amide bonds. The number of hydrogen-bond donors (Lipinski definition) is 3. The summed E-state index contributed by atoms with van der Waals surface area (Å²) in [6, 6.07) is 15.8. The number of nitrogens with one attached hydrogen (secondary N) is 1. The van der Waals surface area contributed by atoms with Gasteiger partial charge in [0, 0.05) is 28.9 Å². The Hall–Kier alpha value is -4.11. The van der Waals surface area contributed by atoms with Gasteiger partial charge < -0.3 is 29.6 Å². The molecule has 39 heavy (non-hydrogen) atoms. The van der Waals surface area contributed by atoms with Gasteiger partial charge in [0.25, 0.3) is 0 Å². The summed E-state index contributed by atoms with van der Waals surface area (Å²) < 4.78 is 10.8. The van der Waals surface area contributed by atoms with E-state index in [0.29, 0.717) is 6.42 Å². The van der Waals surface area contributed by atoms with E-state index >= 15 is 0 Å². The van der Waals surface area contributed by atoms with Gasteiger partial charge in [0.05, 0.1) is 31.4 Å². The summed E-state index contributed by atoms with van der Waals surface area (Å²) in [5.74, 6) is -3.16. The highest BCUT2D eigenvalue weighted by molar-refractivity contribution is 6.07. The van der Waals surface area contributed by atoms with Crippen LogP contribution in [-0.2, 0) is 36.9 Å². The van der Waals surface area contributed by atoms with Crippen LogP contribution in [-0.4, -0.2) is 57.7 Å². The molecule has 9 heteroatoms. The Morgan fingerprint density at radius 3 is 2.62 bits per heavy atom. The minimum Gasteiger partial charge on any atom is -0.512 e. The molecule has 1 aliphatic carbocycles. The third kappa shape index (κ3) is 3.75. The monoisotopic (exact) mass is 530 g/mol. The molecule has 0 saturated carbocycles. The molecule has 1 fully saturated rings. The number of ether oxygens (including phenoxy) is 2. The summed E-state index contributed by atoms with van der Waals surface area (Å²) in [6.45, 7) is -0.324. The van der Waals surface area contributed by atoms with Crippen molar-refractivity contribution in [3.8, 4) is 0 Å². The molecule has 202 valence electrons. The van der Waals surface area contributed by atoms with Crippen molar-refractivity contribution in [1.29, 1.82) is 0 Å². The van der Waals surface area contributed by atoms with E-state index in [1.165, 1.54) is 7.11 Å². The van der Waals surface area contributed by atoms with Crippen LogP contribution in [0.25, 0.3) is 10.9 Å². The van der Waals surface area contributed by atoms with Crippen molar-refractivity contribution in [2.75, 3.05) is 13.7 Å². The number of fused-ring (bicyclic) bond motifs is 6. The SMILES string of the molecule is COC(=O)C1=C(O)CC[C@@]2(C(=O)OCc3ccccc3)C(=O)N3[C@H](CO)Cc4c([nH]c5ccccc45)[C@H]3C[C@@H]12. The van der Waals surface area contributed by atoms with Crippen LogP contribution in [0.4, 0.5) is 0 Å². The van der Waals surface area contributed by atoms with Crippen LogP contribution in [0.5, 0.6) is 0 Å². The Balaban J connectivity index is 1.48. The number of nitrogens with zero attached hydrogens (tertiary/aromatic N) is 1. The fourth-order valence-corrected chi connectivity index (χ4v) is 6.80. The molecular weight excluding hydrogens is 500 g/mol. The van der Waals surface area contributed by atoms with Gasteiger partial charge in [-0.25, -0.2) is 4.79 Å². The highest BCUT2D eigenvalue weighted by Gasteiger charge is 2.65. The molecule has 1 saturated heterocycles. The normalized spacial score (nSPS) is 26.1. The van der Waals surface area contributed by atoms with Crippen LogP contribution in [0, 0.1) is 11.3 Å². The lowest BCUT2D eigenvalue weighted by Gasteiger charge is -2.54. The number of aromatic amines is 1. The van der Waals surface area contributed by atoms with Crippen molar-refractivity contribution in [3.05, 3.63) is 82.8 Å². The number of methoxy groups -OCH3 is 1. The summed E-state index contributed by atoms with van der Waals surface area (Å²) in [7, 11) is 1.21. The van der Waals surface area contributed by atoms with Gasteiger partial charge in [-0.3, -0.25) is 9.59 Å². The van der Waals surface area contributed by atoms with Crippen molar-refractivity contribution < 1.29 is 34.1 Å². The molecule has 1 aromatic heterocycles. The molecule has 0 bridgehead atoms. The number of carbonyl (C=O) groups is 3. The summed E-state index contributed by atoms with van der Waals surface area (Å²) in [6.07, 6.45) is 0.532. The number of esters is 2. The van der Waals surface area contributed by atoms with Crippen molar-refractivity contribution >= 4 is 28.7 Å². The maximum atomic E-state index is 14.6. The number of hydrogen-bond acceptors (Lipinski definition) is 7. The van der Waals surface area contributed by atoms with Gasteiger partial charge >= 0.3 is 11.9 Å². The minimum atomic E-state index is -1.74. The first-order chi connectivity index (χ1) is 18.9. The van der Waals surface area contributed by atoms with Crippen molar-refractivity contribution in [2.45, 2.75) is 44.4 Å². The smallest absolute Gasteiger partial charge is 0.337 e. The first-order valence-corrected chi connectivity index (χ1v) is 13.1. The van der Waals surface area contributed by atoms with Gasteiger partial charge in [0.1, 0.15) is 12.4 Å². The third-order valence-corrected chi connectivity index (χ3v) is 8.63. The van der Waals surface area contributed by atoms with Gasteiger partial charge in [-0.1, -0.05) is 48.5 Å². The van der Waals surface area contributed by atoms with Gasteiger partial charge in [-0.05, 0) is 36.5 Å². The molecule has 0 unspecified atom stereocenters. The second-order valence-electron chi connectivity index (χ2n) is 10.5. The molecule has 3 aromatic rings. The molecule has 3 aliphatic rings. The van der Waals surface area contributed by atoms with Crippen molar-refractivity contribution in [1.82, 2.24) is 9.88 Å².